The van der Waals surface area contributed by atoms with Crippen LogP contribution in [-0.4, -0.2) is 123 Å². The molecule has 0 spiro atoms. The number of rotatable bonds is 15. The van der Waals surface area contributed by atoms with E-state index in [9.17, 15) is 35.4 Å². The van der Waals surface area contributed by atoms with E-state index in [1.165, 1.54) is 26.2 Å². The maximum atomic E-state index is 11.7. The number of unbranched alkanes of at least 4 members (excludes halogenated alkanes) is 5. The van der Waals surface area contributed by atoms with E-state index in [2.05, 4.69) is 12.2 Å². The van der Waals surface area contributed by atoms with Crippen LogP contribution in [0.4, 0.5) is 0 Å². The zero-order chi connectivity index (χ0) is 26.0. The summed E-state index contributed by atoms with van der Waals surface area (Å²) >= 11 is 0. The van der Waals surface area contributed by atoms with Crippen LogP contribution >= 0.6 is 0 Å². The highest BCUT2D eigenvalue weighted by Crippen LogP contribution is 2.28. The van der Waals surface area contributed by atoms with Gasteiger partial charge in [0.2, 0.25) is 5.91 Å². The van der Waals surface area contributed by atoms with Crippen molar-refractivity contribution in [3.63, 3.8) is 0 Å². The van der Waals surface area contributed by atoms with Gasteiger partial charge in [-0.1, -0.05) is 39.0 Å². The molecule has 11 heteroatoms. The number of carbonyl (C=O) groups is 1. The second-order valence-corrected chi connectivity index (χ2v) is 9.75. The lowest BCUT2D eigenvalue weighted by Crippen LogP contribution is -2.64. The molecule has 0 aromatic rings. The summed E-state index contributed by atoms with van der Waals surface area (Å²) in [4.78, 5) is 13.3. The number of aliphatic hydroxyl groups excluding tert-OH is 6. The number of hydrogen-bond acceptors (Lipinski definition) is 10. The third-order valence-corrected chi connectivity index (χ3v) is 7.12. The zero-order valence-electron chi connectivity index (χ0n) is 21.0. The van der Waals surface area contributed by atoms with Crippen LogP contribution in [0.25, 0.3) is 0 Å². The van der Waals surface area contributed by atoms with Crippen molar-refractivity contribution in [3.05, 3.63) is 0 Å². The highest BCUT2D eigenvalue weighted by Gasteiger charge is 2.48. The smallest absolute Gasteiger partial charge is 0.217 e. The topological polar surface area (TPSA) is 172 Å². The lowest BCUT2D eigenvalue weighted by molar-refractivity contribution is -0.266. The second kappa shape index (κ2) is 15.4. The zero-order valence-corrected chi connectivity index (χ0v) is 21.0. The van der Waals surface area contributed by atoms with Gasteiger partial charge in [0.25, 0.3) is 0 Å². The maximum Gasteiger partial charge on any atom is 0.217 e. The molecule has 2 aliphatic heterocycles. The number of hydrogen-bond donors (Lipinski definition) is 7. The van der Waals surface area contributed by atoms with Gasteiger partial charge in [0, 0.05) is 13.5 Å². The summed E-state index contributed by atoms with van der Waals surface area (Å²) in [6.07, 6.45) is 0.717. The fraction of sp³-hybridized carbons (Fsp3) is 0.958. The van der Waals surface area contributed by atoms with Crippen LogP contribution in [0.1, 0.15) is 65.2 Å². The lowest BCUT2D eigenvalue weighted by atomic mass is 9.94. The molecule has 9 atom stereocenters. The Hall–Kier alpha value is -0.890. The molecule has 2 aliphatic rings. The molecule has 35 heavy (non-hydrogen) atoms. The molecule has 2 heterocycles. The Bertz CT molecular complexity index is 598. The van der Waals surface area contributed by atoms with Gasteiger partial charge in [0.15, 0.2) is 6.29 Å². The van der Waals surface area contributed by atoms with Gasteiger partial charge in [0.1, 0.15) is 18.2 Å². The molecule has 0 bridgehead atoms. The first kappa shape index (κ1) is 30.3. The molecule has 1 amide bonds. The van der Waals surface area contributed by atoms with Gasteiger partial charge < -0.3 is 45.4 Å². The van der Waals surface area contributed by atoms with Crippen LogP contribution in [-0.2, 0) is 14.3 Å². The van der Waals surface area contributed by atoms with Crippen molar-refractivity contribution in [1.82, 2.24) is 10.2 Å². The summed E-state index contributed by atoms with van der Waals surface area (Å²) in [6, 6.07) is -2.31. The second-order valence-electron chi connectivity index (χ2n) is 9.75. The first-order chi connectivity index (χ1) is 16.8. The number of likely N-dealkylation sites (tertiary alicyclic amines) is 1. The van der Waals surface area contributed by atoms with E-state index in [4.69, 9.17) is 9.47 Å². The summed E-state index contributed by atoms with van der Waals surface area (Å²) in [5, 5.41) is 63.5. The van der Waals surface area contributed by atoms with Crippen molar-refractivity contribution in [2.45, 2.75) is 120 Å². The molecule has 0 aliphatic carbocycles. The van der Waals surface area contributed by atoms with Gasteiger partial charge in [-0.15, -0.1) is 0 Å². The fourth-order valence-electron chi connectivity index (χ4n) is 5.11. The van der Waals surface area contributed by atoms with E-state index < -0.39 is 54.9 Å². The molecule has 0 radical (unpaired) electrons. The Morgan fingerprint density at radius 3 is 2.06 bits per heavy atom. The maximum absolute atomic E-state index is 11.7. The Labute approximate surface area is 208 Å². The van der Waals surface area contributed by atoms with Crippen molar-refractivity contribution in [2.75, 3.05) is 26.4 Å². The molecule has 206 valence electrons. The average Bonchev–Trinajstić information content (AvgIpc) is 3.06. The average molecular weight is 507 g/mol. The number of ether oxygens (including phenoxy) is 2. The van der Waals surface area contributed by atoms with Crippen LogP contribution in [0.5, 0.6) is 0 Å². The highest BCUT2D eigenvalue weighted by molar-refractivity contribution is 5.73. The van der Waals surface area contributed by atoms with Gasteiger partial charge in [-0.25, -0.2) is 0 Å². The molecular weight excluding hydrogens is 460 g/mol. The summed E-state index contributed by atoms with van der Waals surface area (Å²) in [6.45, 7) is 3.47. The normalized spacial score (nSPS) is 35.9. The first-order valence-electron chi connectivity index (χ1n) is 13.0. The van der Waals surface area contributed by atoms with Crippen molar-refractivity contribution in [3.8, 4) is 0 Å². The van der Waals surface area contributed by atoms with E-state index in [0.717, 1.165) is 19.3 Å². The van der Waals surface area contributed by atoms with Crippen LogP contribution < -0.4 is 5.32 Å². The SMILES string of the molecule is CCCCCCCCO[C@@H]1O[C@H](CCCN2[C@H](CO)[C@H](O)[C@H](O)[C@H]2CO)[C@@H](O)[C@H](O)[C@H]1NC(C)=O. The largest absolute Gasteiger partial charge is 0.395 e. The van der Waals surface area contributed by atoms with Gasteiger partial charge in [-0.05, 0) is 25.8 Å². The number of amides is 1. The molecule has 2 fully saturated rings. The number of aliphatic hydroxyl groups is 6. The van der Waals surface area contributed by atoms with Gasteiger partial charge in [-0.3, -0.25) is 9.69 Å². The molecule has 7 N–H and O–H groups in total. The van der Waals surface area contributed by atoms with E-state index in [-0.39, 0.29) is 19.1 Å². The minimum atomic E-state index is -1.28. The van der Waals surface area contributed by atoms with Gasteiger partial charge in [0.05, 0.1) is 43.6 Å². The predicted octanol–water partition coefficient (Wildman–Crippen LogP) is -1.15. The van der Waals surface area contributed by atoms with E-state index in [1.807, 2.05) is 0 Å². The molecule has 0 saturated carbocycles. The summed E-state index contributed by atoms with van der Waals surface area (Å²) < 4.78 is 11.9. The molecule has 2 rings (SSSR count). The van der Waals surface area contributed by atoms with E-state index in [1.54, 1.807) is 4.90 Å². The first-order valence-corrected chi connectivity index (χ1v) is 13.0. The van der Waals surface area contributed by atoms with Crippen molar-refractivity contribution in [2.24, 2.45) is 0 Å². The summed E-state index contributed by atoms with van der Waals surface area (Å²) in [7, 11) is 0. The van der Waals surface area contributed by atoms with Crippen molar-refractivity contribution >= 4 is 5.91 Å². The van der Waals surface area contributed by atoms with Crippen LogP contribution in [0.3, 0.4) is 0 Å². The summed E-state index contributed by atoms with van der Waals surface area (Å²) in [5.41, 5.74) is 0. The minimum absolute atomic E-state index is 0.320. The van der Waals surface area contributed by atoms with E-state index in [0.29, 0.717) is 26.0 Å². The molecule has 0 aromatic carbocycles. The number of carbonyl (C=O) groups excluding carboxylic acids is 1. The molecule has 2 saturated heterocycles. The van der Waals surface area contributed by atoms with Crippen LogP contribution in [0.15, 0.2) is 0 Å². The molecule has 0 unspecified atom stereocenters. The number of nitrogens with one attached hydrogen (secondary N) is 1. The van der Waals surface area contributed by atoms with Gasteiger partial charge in [-0.2, -0.15) is 0 Å². The third kappa shape index (κ3) is 8.31. The van der Waals surface area contributed by atoms with Crippen LogP contribution in [0, 0.1) is 0 Å². The number of nitrogens with zero attached hydrogens (tertiary/aromatic N) is 1. The van der Waals surface area contributed by atoms with E-state index >= 15 is 0 Å². The van der Waals surface area contributed by atoms with Gasteiger partial charge >= 0.3 is 0 Å². The lowest BCUT2D eigenvalue weighted by Gasteiger charge is -2.43. The molecule has 11 nitrogen and oxygen atoms in total. The quantitative estimate of drug-likeness (QED) is 0.135. The molecular formula is C24H46N2O9. The van der Waals surface area contributed by atoms with Crippen LogP contribution in [0.2, 0.25) is 0 Å². The molecule has 0 aromatic heterocycles. The monoisotopic (exact) mass is 506 g/mol. The standard InChI is InChI=1S/C24H46N2O9/c1-3-4-5-6-7-8-12-34-24-19(25-15(2)29)23(33)22(32)18(35-24)10-9-11-26-16(13-27)20(30)21(31)17(26)14-28/h16-24,27-28,30-33H,3-14H2,1-2H3,(H,25,29)/t16-,17-,18-,19-,20-,21+,22-,23-,24-/m1/s1. The highest BCUT2D eigenvalue weighted by atomic mass is 16.7. The Morgan fingerprint density at radius 2 is 1.49 bits per heavy atom. The fourth-order valence-corrected chi connectivity index (χ4v) is 5.11. The summed E-state index contributed by atoms with van der Waals surface area (Å²) in [5.74, 6) is -0.368. The van der Waals surface area contributed by atoms with Crippen molar-refractivity contribution in [1.29, 1.82) is 0 Å². The van der Waals surface area contributed by atoms with Crippen molar-refractivity contribution < 1.29 is 44.9 Å². The third-order valence-electron chi connectivity index (χ3n) is 7.12. The Balaban J connectivity index is 1.92. The Morgan fingerprint density at radius 1 is 0.886 bits per heavy atom. The Kier molecular flexibility index (Phi) is 13.3. The predicted molar refractivity (Wildman–Crippen MR) is 127 cm³/mol. The minimum Gasteiger partial charge on any atom is -0.395 e.